The fourth-order valence-corrected chi connectivity index (χ4v) is 3.18. The van der Waals surface area contributed by atoms with Crippen molar-refractivity contribution < 1.29 is 24.7 Å². The van der Waals surface area contributed by atoms with Gasteiger partial charge in [0.05, 0.1) is 20.2 Å². The van der Waals surface area contributed by atoms with Crippen molar-refractivity contribution in [3.63, 3.8) is 0 Å². The summed E-state index contributed by atoms with van der Waals surface area (Å²) < 4.78 is 11.3. The minimum atomic E-state index is -0.708. The smallest absolute Gasteiger partial charge is 0.217 e. The van der Waals surface area contributed by atoms with E-state index in [9.17, 15) is 9.90 Å². The van der Waals surface area contributed by atoms with Crippen molar-refractivity contribution >= 4 is 5.91 Å². The van der Waals surface area contributed by atoms with E-state index in [1.54, 1.807) is 7.11 Å². The van der Waals surface area contributed by atoms with Gasteiger partial charge in [0, 0.05) is 12.5 Å². The molecule has 0 saturated carbocycles. The highest BCUT2D eigenvalue weighted by Crippen LogP contribution is 2.29. The van der Waals surface area contributed by atoms with Gasteiger partial charge in [-0.2, -0.15) is 0 Å². The number of rotatable bonds is 10. The summed E-state index contributed by atoms with van der Waals surface area (Å²) in [5, 5.41) is 15.5. The van der Waals surface area contributed by atoms with E-state index in [0.29, 0.717) is 18.0 Å². The molecule has 0 fully saturated rings. The van der Waals surface area contributed by atoms with E-state index in [1.165, 1.54) is 12.5 Å². The van der Waals surface area contributed by atoms with Crippen LogP contribution in [0.5, 0.6) is 11.5 Å². The summed E-state index contributed by atoms with van der Waals surface area (Å²) >= 11 is 0. The summed E-state index contributed by atoms with van der Waals surface area (Å²) in [5.41, 5.74) is 5.41. The molecule has 0 saturated heterocycles. The van der Waals surface area contributed by atoms with Gasteiger partial charge in [-0.15, -0.1) is 0 Å². The zero-order valence-corrected chi connectivity index (χ0v) is 18.0. The maximum atomic E-state index is 10.9. The zero-order chi connectivity index (χ0) is 21.4. The number of nitrogens with one attached hydrogen (secondary N) is 1. The number of hydrogen-bond acceptors (Lipinski definition) is 4. The second-order valence-electron chi connectivity index (χ2n) is 7.37. The Labute approximate surface area is 173 Å². The van der Waals surface area contributed by atoms with Crippen LogP contribution in [0.25, 0.3) is 0 Å². The number of aliphatic hydroxyl groups excluding tert-OH is 1. The molecule has 29 heavy (non-hydrogen) atoms. The lowest BCUT2D eigenvalue weighted by atomic mass is 9.97. The number of aliphatic hydroxyl groups is 1. The fourth-order valence-electron chi connectivity index (χ4n) is 3.18. The molecule has 2 rings (SSSR count). The van der Waals surface area contributed by atoms with Crippen LogP contribution in [0.3, 0.4) is 0 Å². The average molecular weight is 402 g/mol. The number of benzene rings is 2. The van der Waals surface area contributed by atoms with Gasteiger partial charge in [0.15, 0.2) is 11.5 Å². The SMILES string of the molecule is COc1cc(C[NH2+]CCNC(C)=O)ccc1OC[C@@H](O)c1cc(C)c(C)cc1C. The molecule has 0 spiro atoms. The van der Waals surface area contributed by atoms with Gasteiger partial charge in [-0.05, 0) is 61.2 Å². The largest absolute Gasteiger partial charge is 0.493 e. The Kier molecular flexibility index (Phi) is 8.49. The monoisotopic (exact) mass is 401 g/mol. The van der Waals surface area contributed by atoms with E-state index in [2.05, 4.69) is 23.6 Å². The third kappa shape index (κ3) is 6.76. The highest BCUT2D eigenvalue weighted by molar-refractivity contribution is 5.72. The number of ether oxygens (including phenoxy) is 2. The number of quaternary nitrogens is 1. The van der Waals surface area contributed by atoms with Crippen LogP contribution in [0.1, 0.15) is 40.8 Å². The van der Waals surface area contributed by atoms with Gasteiger partial charge in [0.1, 0.15) is 19.3 Å². The Morgan fingerprint density at radius 1 is 1.10 bits per heavy atom. The molecular formula is C23H33N2O4+. The topological polar surface area (TPSA) is 84.4 Å². The molecule has 0 aromatic heterocycles. The number of carbonyl (C=O) groups excluding carboxylic acids is 1. The summed E-state index contributed by atoms with van der Waals surface area (Å²) in [6.07, 6.45) is -0.708. The van der Waals surface area contributed by atoms with Crippen LogP contribution < -0.4 is 20.1 Å². The highest BCUT2D eigenvalue weighted by Gasteiger charge is 2.15. The predicted molar refractivity (Wildman–Crippen MR) is 113 cm³/mol. The van der Waals surface area contributed by atoms with Gasteiger partial charge in [-0.25, -0.2) is 0 Å². The Morgan fingerprint density at radius 3 is 2.52 bits per heavy atom. The van der Waals surface area contributed by atoms with Crippen LogP contribution in [0.15, 0.2) is 30.3 Å². The summed E-state index contributed by atoms with van der Waals surface area (Å²) in [6.45, 7) is 10.0. The normalized spacial score (nSPS) is 11.8. The van der Waals surface area contributed by atoms with Crippen molar-refractivity contribution in [1.82, 2.24) is 5.32 Å². The molecule has 4 N–H and O–H groups in total. The van der Waals surface area contributed by atoms with Crippen LogP contribution in [-0.2, 0) is 11.3 Å². The number of hydrogen-bond donors (Lipinski definition) is 3. The quantitative estimate of drug-likeness (QED) is 0.531. The third-order valence-electron chi connectivity index (χ3n) is 4.97. The first-order valence-corrected chi connectivity index (χ1v) is 9.93. The molecule has 6 heteroatoms. The van der Waals surface area contributed by atoms with Gasteiger partial charge < -0.3 is 25.2 Å². The van der Waals surface area contributed by atoms with E-state index in [-0.39, 0.29) is 12.5 Å². The molecule has 0 unspecified atom stereocenters. The van der Waals surface area contributed by atoms with Gasteiger partial charge in [-0.1, -0.05) is 12.1 Å². The van der Waals surface area contributed by atoms with Crippen LogP contribution in [0, 0.1) is 20.8 Å². The highest BCUT2D eigenvalue weighted by atomic mass is 16.5. The first-order valence-electron chi connectivity index (χ1n) is 9.93. The molecule has 158 valence electrons. The standard InChI is InChI=1S/C23H32N2O4/c1-15-10-17(3)20(11-16(15)2)21(27)14-29-22-7-6-19(12-23(22)28-5)13-24-8-9-25-18(4)26/h6-7,10-12,21,24,27H,8-9,13-14H2,1-5H3,(H,25,26)/p+1/t21-/m1/s1. The van der Waals surface area contributed by atoms with Crippen LogP contribution in [-0.4, -0.2) is 37.8 Å². The second kappa shape index (κ2) is 10.8. The van der Waals surface area contributed by atoms with Crippen molar-refractivity contribution in [3.8, 4) is 11.5 Å². The summed E-state index contributed by atoms with van der Waals surface area (Å²) in [4.78, 5) is 10.9. The van der Waals surface area contributed by atoms with Crippen molar-refractivity contribution in [2.24, 2.45) is 0 Å². The van der Waals surface area contributed by atoms with E-state index < -0.39 is 6.10 Å². The molecular weight excluding hydrogens is 368 g/mol. The molecule has 2 aromatic carbocycles. The Morgan fingerprint density at radius 2 is 1.83 bits per heavy atom. The van der Waals surface area contributed by atoms with E-state index in [0.717, 1.165) is 35.3 Å². The molecule has 1 amide bonds. The maximum absolute atomic E-state index is 10.9. The molecule has 0 heterocycles. The van der Waals surface area contributed by atoms with Crippen molar-refractivity contribution in [2.45, 2.75) is 40.3 Å². The molecule has 0 aliphatic carbocycles. The number of aryl methyl sites for hydroxylation is 3. The van der Waals surface area contributed by atoms with E-state index >= 15 is 0 Å². The van der Waals surface area contributed by atoms with E-state index in [1.807, 2.05) is 38.1 Å². The van der Waals surface area contributed by atoms with Gasteiger partial charge >= 0.3 is 0 Å². The maximum Gasteiger partial charge on any atom is 0.217 e. The van der Waals surface area contributed by atoms with Gasteiger partial charge in [0.25, 0.3) is 0 Å². The van der Waals surface area contributed by atoms with Gasteiger partial charge in [-0.3, -0.25) is 4.79 Å². The van der Waals surface area contributed by atoms with Crippen molar-refractivity contribution in [2.75, 3.05) is 26.8 Å². The molecule has 0 bridgehead atoms. The van der Waals surface area contributed by atoms with Gasteiger partial charge in [0.2, 0.25) is 5.91 Å². The number of amides is 1. The average Bonchev–Trinajstić information content (AvgIpc) is 2.68. The molecule has 6 nitrogen and oxygen atoms in total. The van der Waals surface area contributed by atoms with Crippen LogP contribution in [0.2, 0.25) is 0 Å². The zero-order valence-electron chi connectivity index (χ0n) is 18.0. The minimum Gasteiger partial charge on any atom is -0.493 e. The third-order valence-corrected chi connectivity index (χ3v) is 4.97. The first-order chi connectivity index (χ1) is 13.8. The summed E-state index contributed by atoms with van der Waals surface area (Å²) in [5.74, 6) is 1.23. The Hall–Kier alpha value is -2.57. The molecule has 0 aliphatic rings. The summed E-state index contributed by atoms with van der Waals surface area (Å²) in [6, 6.07) is 9.91. The second-order valence-corrected chi connectivity index (χ2v) is 7.37. The first kappa shape index (κ1) is 22.7. The Balaban J connectivity index is 1.95. The van der Waals surface area contributed by atoms with Crippen LogP contribution in [0.4, 0.5) is 0 Å². The van der Waals surface area contributed by atoms with E-state index in [4.69, 9.17) is 9.47 Å². The lowest BCUT2D eigenvalue weighted by molar-refractivity contribution is -0.668. The fraction of sp³-hybridized carbons (Fsp3) is 0.435. The molecule has 0 radical (unpaired) electrons. The Bertz CT molecular complexity index is 836. The van der Waals surface area contributed by atoms with Crippen molar-refractivity contribution in [3.05, 3.63) is 58.1 Å². The number of nitrogens with two attached hydrogens (primary N) is 1. The lowest BCUT2D eigenvalue weighted by Crippen LogP contribution is -2.84. The predicted octanol–water partition coefficient (Wildman–Crippen LogP) is 1.93. The van der Waals surface area contributed by atoms with Crippen molar-refractivity contribution in [1.29, 1.82) is 0 Å². The lowest BCUT2D eigenvalue weighted by Gasteiger charge is -2.18. The molecule has 2 aromatic rings. The summed E-state index contributed by atoms with van der Waals surface area (Å²) in [7, 11) is 1.61. The van der Waals surface area contributed by atoms with Crippen LogP contribution >= 0.6 is 0 Å². The molecule has 0 aliphatic heterocycles. The number of carbonyl (C=O) groups is 1. The number of methoxy groups -OCH3 is 1. The molecule has 1 atom stereocenters. The minimum absolute atomic E-state index is 0.0141.